The third-order valence-electron chi connectivity index (χ3n) is 4.57. The van der Waals surface area contributed by atoms with E-state index >= 15 is 0 Å². The summed E-state index contributed by atoms with van der Waals surface area (Å²) in [6, 6.07) is 19.4. The van der Waals surface area contributed by atoms with Gasteiger partial charge in [0.1, 0.15) is 15.9 Å². The van der Waals surface area contributed by atoms with Gasteiger partial charge in [-0.1, -0.05) is 72.4 Å². The number of aromatic nitrogens is 3. The van der Waals surface area contributed by atoms with Gasteiger partial charge in [0.15, 0.2) is 5.16 Å². The van der Waals surface area contributed by atoms with E-state index in [2.05, 4.69) is 9.69 Å². The molecule has 2 aromatic heterocycles. The van der Waals surface area contributed by atoms with Gasteiger partial charge >= 0.3 is 0 Å². The highest BCUT2D eigenvalue weighted by molar-refractivity contribution is 7.99. The highest BCUT2D eigenvalue weighted by Gasteiger charge is 2.18. The van der Waals surface area contributed by atoms with Crippen LogP contribution in [0.4, 0.5) is 0 Å². The highest BCUT2D eigenvalue weighted by atomic mass is 32.2. The lowest BCUT2D eigenvalue weighted by atomic mass is 10.1. The van der Waals surface area contributed by atoms with Gasteiger partial charge < -0.3 is 5.32 Å². The van der Waals surface area contributed by atoms with Crippen molar-refractivity contribution in [1.29, 1.82) is 0 Å². The van der Waals surface area contributed by atoms with Crippen LogP contribution in [-0.4, -0.2) is 25.6 Å². The number of hydrogen-bond donors (Lipinski definition) is 1. The number of fused-ring (bicyclic) bond motifs is 1. The summed E-state index contributed by atoms with van der Waals surface area (Å²) in [5.74, 6) is 0.0795. The van der Waals surface area contributed by atoms with Crippen molar-refractivity contribution < 1.29 is 4.79 Å². The smallest absolute Gasteiger partial charge is 0.273 e. The van der Waals surface area contributed by atoms with Crippen molar-refractivity contribution >= 4 is 39.4 Å². The van der Waals surface area contributed by atoms with Gasteiger partial charge in [-0.3, -0.25) is 14.2 Å². The maximum absolute atomic E-state index is 13.0. The SMILES string of the molecule is CCn1c(SCC(=O)NCc2ccccc2)nc2c(-c3ccccc3)nsc2c1=O. The van der Waals surface area contributed by atoms with E-state index in [0.29, 0.717) is 34.2 Å². The molecule has 0 unspecified atom stereocenters. The number of rotatable bonds is 7. The predicted octanol–water partition coefficient (Wildman–Crippen LogP) is 3.95. The molecule has 0 aliphatic carbocycles. The molecule has 8 heteroatoms. The van der Waals surface area contributed by atoms with Gasteiger partial charge in [-0.25, -0.2) is 4.98 Å². The fourth-order valence-corrected chi connectivity index (χ4v) is 4.72. The minimum Gasteiger partial charge on any atom is -0.351 e. The monoisotopic (exact) mass is 436 g/mol. The van der Waals surface area contributed by atoms with Crippen molar-refractivity contribution in [1.82, 2.24) is 19.2 Å². The van der Waals surface area contributed by atoms with E-state index in [1.54, 1.807) is 4.57 Å². The fourth-order valence-electron chi connectivity index (χ4n) is 3.05. The first-order valence-electron chi connectivity index (χ1n) is 9.56. The zero-order valence-electron chi connectivity index (χ0n) is 16.4. The molecule has 6 nitrogen and oxygen atoms in total. The maximum Gasteiger partial charge on any atom is 0.273 e. The average Bonchev–Trinajstić information content (AvgIpc) is 3.22. The molecule has 0 spiro atoms. The summed E-state index contributed by atoms with van der Waals surface area (Å²) >= 11 is 2.44. The van der Waals surface area contributed by atoms with Crippen LogP contribution < -0.4 is 10.9 Å². The van der Waals surface area contributed by atoms with Crippen LogP contribution >= 0.6 is 23.3 Å². The zero-order valence-corrected chi connectivity index (χ0v) is 18.0. The van der Waals surface area contributed by atoms with Gasteiger partial charge in [0.05, 0.1) is 5.75 Å². The minimum absolute atomic E-state index is 0.104. The number of hydrogen-bond acceptors (Lipinski definition) is 6. The Labute approximate surface area is 182 Å². The standard InChI is InChI=1S/C22H20N4O2S2/c1-2-26-21(28)20-19(18(25-30-20)16-11-7-4-8-12-16)24-22(26)29-14-17(27)23-13-15-9-5-3-6-10-15/h3-12H,2,13-14H2,1H3,(H,23,27). The van der Waals surface area contributed by atoms with Crippen molar-refractivity contribution in [3.63, 3.8) is 0 Å². The van der Waals surface area contributed by atoms with E-state index < -0.39 is 0 Å². The largest absolute Gasteiger partial charge is 0.351 e. The molecule has 4 rings (SSSR count). The summed E-state index contributed by atoms with van der Waals surface area (Å²) in [5, 5.41) is 3.44. The highest BCUT2D eigenvalue weighted by Crippen LogP contribution is 2.29. The first-order valence-corrected chi connectivity index (χ1v) is 11.3. The molecule has 152 valence electrons. The second kappa shape index (κ2) is 9.23. The molecule has 4 aromatic rings. The van der Waals surface area contributed by atoms with Gasteiger partial charge in [0.2, 0.25) is 5.91 Å². The van der Waals surface area contributed by atoms with Crippen LogP contribution in [0.2, 0.25) is 0 Å². The molecule has 0 aliphatic heterocycles. The zero-order chi connectivity index (χ0) is 20.9. The van der Waals surface area contributed by atoms with Crippen molar-refractivity contribution in [2.45, 2.75) is 25.2 Å². The minimum atomic E-state index is -0.116. The number of benzene rings is 2. The van der Waals surface area contributed by atoms with E-state index in [1.165, 1.54) is 23.3 Å². The Kier molecular flexibility index (Phi) is 6.25. The number of amides is 1. The molecule has 0 radical (unpaired) electrons. The number of thioether (sulfide) groups is 1. The Bertz CT molecular complexity index is 1220. The number of nitrogens with zero attached hydrogens (tertiary/aromatic N) is 3. The van der Waals surface area contributed by atoms with Gasteiger partial charge in [0, 0.05) is 18.7 Å². The van der Waals surface area contributed by atoms with E-state index in [1.807, 2.05) is 67.6 Å². The van der Waals surface area contributed by atoms with E-state index in [-0.39, 0.29) is 17.2 Å². The Morgan fingerprint density at radius 2 is 1.80 bits per heavy atom. The van der Waals surface area contributed by atoms with Gasteiger partial charge in [0.25, 0.3) is 5.56 Å². The third-order valence-corrected chi connectivity index (χ3v) is 6.37. The van der Waals surface area contributed by atoms with Crippen molar-refractivity contribution in [3.05, 3.63) is 76.6 Å². The Morgan fingerprint density at radius 3 is 2.50 bits per heavy atom. The van der Waals surface area contributed by atoms with Crippen molar-refractivity contribution in [3.8, 4) is 11.3 Å². The summed E-state index contributed by atoms with van der Waals surface area (Å²) in [4.78, 5) is 30.0. The Hall–Kier alpha value is -2.97. The molecule has 2 heterocycles. The maximum atomic E-state index is 13.0. The molecule has 0 bridgehead atoms. The summed E-state index contributed by atoms with van der Waals surface area (Å²) in [7, 11) is 0. The second-order valence-electron chi connectivity index (χ2n) is 6.57. The van der Waals surface area contributed by atoms with Crippen LogP contribution in [0.3, 0.4) is 0 Å². The van der Waals surface area contributed by atoms with Crippen LogP contribution in [0.1, 0.15) is 12.5 Å². The lowest BCUT2D eigenvalue weighted by Gasteiger charge is -2.10. The molecular weight excluding hydrogens is 416 g/mol. The summed E-state index contributed by atoms with van der Waals surface area (Å²) in [6.07, 6.45) is 0. The average molecular weight is 437 g/mol. The normalized spacial score (nSPS) is 11.0. The lowest BCUT2D eigenvalue weighted by molar-refractivity contribution is -0.118. The first kappa shape index (κ1) is 20.3. The van der Waals surface area contributed by atoms with E-state index in [4.69, 9.17) is 4.98 Å². The summed E-state index contributed by atoms with van der Waals surface area (Å²) in [5.41, 5.74) is 3.13. The molecule has 0 saturated heterocycles. The molecular formula is C22H20N4O2S2. The molecule has 0 atom stereocenters. The molecule has 1 N–H and O–H groups in total. The quantitative estimate of drug-likeness (QED) is 0.351. The second-order valence-corrected chi connectivity index (χ2v) is 8.29. The summed E-state index contributed by atoms with van der Waals surface area (Å²) < 4.78 is 6.62. The Morgan fingerprint density at radius 1 is 1.10 bits per heavy atom. The predicted molar refractivity (Wildman–Crippen MR) is 122 cm³/mol. The number of carbonyl (C=O) groups excluding carboxylic acids is 1. The van der Waals surface area contributed by atoms with Crippen molar-refractivity contribution in [2.24, 2.45) is 0 Å². The van der Waals surface area contributed by atoms with Gasteiger partial charge in [-0.15, -0.1) is 0 Å². The molecule has 0 aliphatic rings. The first-order chi connectivity index (χ1) is 14.7. The molecule has 1 amide bonds. The van der Waals surface area contributed by atoms with E-state index in [0.717, 1.165) is 11.1 Å². The molecule has 0 saturated carbocycles. The topological polar surface area (TPSA) is 76.9 Å². The van der Waals surface area contributed by atoms with Gasteiger partial charge in [-0.05, 0) is 24.0 Å². The summed E-state index contributed by atoms with van der Waals surface area (Å²) in [6.45, 7) is 2.85. The molecule has 2 aromatic carbocycles. The lowest BCUT2D eigenvalue weighted by Crippen LogP contribution is -2.26. The van der Waals surface area contributed by atoms with Crippen LogP contribution in [0.25, 0.3) is 21.5 Å². The number of nitrogens with one attached hydrogen (secondary N) is 1. The third kappa shape index (κ3) is 4.29. The molecule has 30 heavy (non-hydrogen) atoms. The van der Waals surface area contributed by atoms with Crippen molar-refractivity contribution in [2.75, 3.05) is 5.75 Å². The fraction of sp³-hybridized carbons (Fsp3) is 0.182. The van der Waals surface area contributed by atoms with Crippen LogP contribution in [0, 0.1) is 0 Å². The Balaban J connectivity index is 1.57. The van der Waals surface area contributed by atoms with Crippen LogP contribution in [0.15, 0.2) is 70.6 Å². The van der Waals surface area contributed by atoms with Gasteiger partial charge in [-0.2, -0.15) is 4.37 Å². The molecule has 0 fully saturated rings. The number of carbonyl (C=O) groups is 1. The van der Waals surface area contributed by atoms with Crippen LogP contribution in [0.5, 0.6) is 0 Å². The van der Waals surface area contributed by atoms with Crippen LogP contribution in [-0.2, 0) is 17.9 Å². The van der Waals surface area contributed by atoms with E-state index in [9.17, 15) is 9.59 Å².